The first-order valence-corrected chi connectivity index (χ1v) is 9.94. The molecule has 28 heavy (non-hydrogen) atoms. The Morgan fingerprint density at radius 2 is 0.714 bits per heavy atom. The van der Waals surface area contributed by atoms with Gasteiger partial charge in [-0.25, -0.2) is 0 Å². The lowest BCUT2D eigenvalue weighted by Crippen LogP contribution is -2.37. The fourth-order valence-electron chi connectivity index (χ4n) is 2.06. The van der Waals surface area contributed by atoms with Crippen LogP contribution in [0.3, 0.4) is 0 Å². The van der Waals surface area contributed by atoms with Crippen LogP contribution < -0.4 is 14.0 Å². The van der Waals surface area contributed by atoms with Crippen molar-refractivity contribution in [2.24, 2.45) is 0 Å². The molecule has 3 aromatic carbocycles. The maximum atomic E-state index is 6.04. The number of benzene rings is 3. The molecular weight excluding hydrogens is 488 g/mol. The Balaban J connectivity index is 1.86. The maximum Gasteiger partial charge on any atom is 0.864 e. The Hall–Kier alpha value is -1.14. The van der Waals surface area contributed by atoms with Crippen molar-refractivity contribution in [1.82, 2.24) is 0 Å². The minimum atomic E-state index is -1.20. The normalized spacial score (nSPS) is 10.5. The summed E-state index contributed by atoms with van der Waals surface area (Å²) < 4.78 is 17.3. The molecule has 0 saturated heterocycles. The molecule has 10 heteroatoms. The summed E-state index contributed by atoms with van der Waals surface area (Å²) in [4.78, 5) is 0. The van der Waals surface area contributed by atoms with E-state index in [2.05, 4.69) is 0 Å². The molecular formula is C18H9BCl6O3. The average Bonchev–Trinajstić information content (AvgIpc) is 2.64. The number of rotatable bonds is 6. The first kappa shape index (κ1) is 21.6. The summed E-state index contributed by atoms with van der Waals surface area (Å²) in [5.41, 5.74) is 0. The maximum absolute atomic E-state index is 6.04. The van der Waals surface area contributed by atoms with Gasteiger partial charge in [-0.2, -0.15) is 0 Å². The van der Waals surface area contributed by atoms with Crippen molar-refractivity contribution < 1.29 is 14.0 Å². The molecule has 0 amide bonds. The predicted octanol–water partition coefficient (Wildman–Crippen LogP) is 8.13. The van der Waals surface area contributed by atoms with Gasteiger partial charge in [0.2, 0.25) is 0 Å². The van der Waals surface area contributed by atoms with Crippen molar-refractivity contribution in [3.05, 3.63) is 84.7 Å². The molecule has 0 aromatic heterocycles. The van der Waals surface area contributed by atoms with Crippen LogP contribution in [0.15, 0.2) is 54.6 Å². The van der Waals surface area contributed by atoms with Crippen LogP contribution in [0.1, 0.15) is 0 Å². The highest BCUT2D eigenvalue weighted by Gasteiger charge is 2.31. The second-order valence-electron chi connectivity index (χ2n) is 5.37. The van der Waals surface area contributed by atoms with Gasteiger partial charge in [0.25, 0.3) is 0 Å². The summed E-state index contributed by atoms with van der Waals surface area (Å²) in [7, 11) is -1.20. The molecule has 3 nitrogen and oxygen atoms in total. The van der Waals surface area contributed by atoms with Gasteiger partial charge in [-0.05, 0) is 54.6 Å². The highest BCUT2D eigenvalue weighted by Crippen LogP contribution is 2.30. The second-order valence-corrected chi connectivity index (χ2v) is 7.81. The van der Waals surface area contributed by atoms with Gasteiger partial charge in [-0.15, -0.1) is 0 Å². The highest BCUT2D eigenvalue weighted by atomic mass is 35.5. The van der Waals surface area contributed by atoms with Crippen LogP contribution in [0.5, 0.6) is 17.2 Å². The van der Waals surface area contributed by atoms with Crippen LogP contribution in [0.25, 0.3) is 0 Å². The standard InChI is InChI=1S/C18H9BCl6O3/c20-13-4-1-10(7-16(13)23)26-19(27-11-2-5-14(21)17(24)8-11)28-12-3-6-15(22)18(25)9-12/h1-9H. The second kappa shape index (κ2) is 9.58. The van der Waals surface area contributed by atoms with Crippen LogP contribution in [-0.2, 0) is 0 Å². The van der Waals surface area contributed by atoms with Crippen molar-refractivity contribution in [2.45, 2.75) is 0 Å². The molecule has 3 aromatic rings. The SMILES string of the molecule is Clc1ccc(OB(Oc2ccc(Cl)c(Cl)c2)Oc2ccc(Cl)c(Cl)c2)cc1Cl. The van der Waals surface area contributed by atoms with Crippen LogP contribution in [0.2, 0.25) is 30.1 Å². The molecule has 0 heterocycles. The van der Waals surface area contributed by atoms with E-state index in [-0.39, 0.29) is 0 Å². The molecule has 0 unspecified atom stereocenters. The molecule has 0 N–H and O–H groups in total. The van der Waals surface area contributed by atoms with E-state index in [1.165, 1.54) is 18.2 Å². The summed E-state index contributed by atoms with van der Waals surface area (Å²) in [5.74, 6) is 1.12. The van der Waals surface area contributed by atoms with E-state index >= 15 is 0 Å². The Labute approximate surface area is 192 Å². The van der Waals surface area contributed by atoms with Gasteiger partial charge in [0.1, 0.15) is 17.2 Å². The van der Waals surface area contributed by atoms with Crippen LogP contribution in [0.4, 0.5) is 0 Å². The molecule has 0 radical (unpaired) electrons. The van der Waals surface area contributed by atoms with Gasteiger partial charge in [0.15, 0.2) is 0 Å². The van der Waals surface area contributed by atoms with E-state index in [4.69, 9.17) is 83.6 Å². The number of halogens is 6. The van der Waals surface area contributed by atoms with Gasteiger partial charge in [0, 0.05) is 0 Å². The molecule has 0 bridgehead atoms. The lowest BCUT2D eigenvalue weighted by Gasteiger charge is -2.17. The van der Waals surface area contributed by atoms with Crippen LogP contribution in [0, 0.1) is 0 Å². The van der Waals surface area contributed by atoms with Crippen molar-refractivity contribution in [3.63, 3.8) is 0 Å². The topological polar surface area (TPSA) is 27.7 Å². The lowest BCUT2D eigenvalue weighted by atomic mass is 10.2. The van der Waals surface area contributed by atoms with E-state index in [0.29, 0.717) is 47.4 Å². The molecule has 0 aliphatic rings. The predicted molar refractivity (Wildman–Crippen MR) is 117 cm³/mol. The van der Waals surface area contributed by atoms with E-state index in [1.54, 1.807) is 36.4 Å². The largest absolute Gasteiger partial charge is 0.864 e. The highest BCUT2D eigenvalue weighted by molar-refractivity contribution is 6.44. The molecule has 0 spiro atoms. The lowest BCUT2D eigenvalue weighted by molar-refractivity contribution is 0.307. The van der Waals surface area contributed by atoms with E-state index in [1.807, 2.05) is 0 Å². The van der Waals surface area contributed by atoms with Gasteiger partial charge in [-0.3, -0.25) is 0 Å². The molecule has 3 rings (SSSR count). The Bertz CT molecular complexity index is 874. The minimum Gasteiger partial charge on any atom is -0.490 e. The van der Waals surface area contributed by atoms with Crippen molar-refractivity contribution in [1.29, 1.82) is 0 Å². The van der Waals surface area contributed by atoms with Crippen molar-refractivity contribution >= 4 is 76.9 Å². The minimum absolute atomic E-state index is 0.321. The molecule has 144 valence electrons. The zero-order chi connectivity index (χ0) is 20.3. The smallest absolute Gasteiger partial charge is 0.490 e. The summed E-state index contributed by atoms with van der Waals surface area (Å²) in [6.45, 7) is 0. The monoisotopic (exact) mass is 494 g/mol. The molecule has 0 atom stereocenters. The Morgan fingerprint density at radius 3 is 0.964 bits per heavy atom. The number of hydrogen-bond acceptors (Lipinski definition) is 3. The van der Waals surface area contributed by atoms with Gasteiger partial charge < -0.3 is 14.0 Å². The third kappa shape index (κ3) is 5.70. The third-order valence-corrected chi connectivity index (χ3v) is 5.59. The van der Waals surface area contributed by atoms with Crippen molar-refractivity contribution in [3.8, 4) is 17.2 Å². The van der Waals surface area contributed by atoms with Crippen molar-refractivity contribution in [2.75, 3.05) is 0 Å². The summed E-state index contributed by atoms with van der Waals surface area (Å²) >= 11 is 35.9. The third-order valence-electron chi connectivity index (χ3n) is 3.37. The first-order chi connectivity index (χ1) is 13.3. The Morgan fingerprint density at radius 1 is 0.429 bits per heavy atom. The summed E-state index contributed by atoms with van der Waals surface area (Å²) in [6.07, 6.45) is 0. The summed E-state index contributed by atoms with van der Waals surface area (Å²) in [5, 5.41) is 2.13. The molecule has 0 saturated carbocycles. The quantitative estimate of drug-likeness (QED) is 0.322. The number of hydrogen-bond donors (Lipinski definition) is 0. The van der Waals surface area contributed by atoms with Gasteiger partial charge >= 0.3 is 7.32 Å². The zero-order valence-corrected chi connectivity index (χ0v) is 18.3. The van der Waals surface area contributed by atoms with E-state index < -0.39 is 7.32 Å². The van der Waals surface area contributed by atoms with Crippen LogP contribution >= 0.6 is 69.6 Å². The fraction of sp³-hybridized carbons (Fsp3) is 0. The zero-order valence-electron chi connectivity index (χ0n) is 13.8. The molecule has 0 fully saturated rings. The first-order valence-electron chi connectivity index (χ1n) is 7.67. The Kier molecular flexibility index (Phi) is 7.38. The summed E-state index contributed by atoms with van der Waals surface area (Å²) in [6, 6.07) is 14.2. The van der Waals surface area contributed by atoms with E-state index in [0.717, 1.165) is 0 Å². The van der Waals surface area contributed by atoms with Crippen LogP contribution in [-0.4, -0.2) is 7.32 Å². The molecule has 0 aliphatic heterocycles. The van der Waals surface area contributed by atoms with Gasteiger partial charge in [0.05, 0.1) is 30.1 Å². The average molecular weight is 497 g/mol. The fourth-order valence-corrected chi connectivity index (χ4v) is 2.92. The molecule has 0 aliphatic carbocycles. The van der Waals surface area contributed by atoms with Gasteiger partial charge in [-0.1, -0.05) is 69.6 Å². The van der Waals surface area contributed by atoms with E-state index in [9.17, 15) is 0 Å².